The Labute approximate surface area is 154 Å². The van der Waals surface area contributed by atoms with Crippen molar-refractivity contribution in [2.24, 2.45) is 0 Å². The molecule has 0 radical (unpaired) electrons. The average molecular weight is 375 g/mol. The van der Waals surface area contributed by atoms with Crippen LogP contribution in [0, 0.1) is 0 Å². The summed E-state index contributed by atoms with van der Waals surface area (Å²) in [6, 6.07) is 14.8. The SMILES string of the molecule is COC(=O)c1cc(S[C@H](C)c2nnc(-c3ccccc3)o2)ccc1Cl. The monoisotopic (exact) mass is 374 g/mol. The quantitative estimate of drug-likeness (QED) is 0.461. The van der Waals surface area contributed by atoms with Crippen LogP contribution in [0.25, 0.3) is 11.5 Å². The molecule has 0 amide bonds. The summed E-state index contributed by atoms with van der Waals surface area (Å²) in [5.74, 6) is 0.525. The summed E-state index contributed by atoms with van der Waals surface area (Å²) in [7, 11) is 1.32. The predicted molar refractivity (Wildman–Crippen MR) is 96.8 cm³/mol. The van der Waals surface area contributed by atoms with E-state index in [4.69, 9.17) is 20.8 Å². The van der Waals surface area contributed by atoms with E-state index in [2.05, 4.69) is 10.2 Å². The van der Waals surface area contributed by atoms with Crippen molar-refractivity contribution in [2.45, 2.75) is 17.1 Å². The molecule has 1 atom stereocenters. The van der Waals surface area contributed by atoms with E-state index >= 15 is 0 Å². The van der Waals surface area contributed by atoms with Gasteiger partial charge in [-0.15, -0.1) is 22.0 Å². The zero-order valence-corrected chi connectivity index (χ0v) is 15.2. The van der Waals surface area contributed by atoms with Crippen LogP contribution in [-0.4, -0.2) is 23.3 Å². The predicted octanol–water partition coefficient (Wildman–Crippen LogP) is 5.03. The average Bonchev–Trinajstić information content (AvgIpc) is 3.14. The van der Waals surface area contributed by atoms with Gasteiger partial charge < -0.3 is 9.15 Å². The number of methoxy groups -OCH3 is 1. The number of nitrogens with zero attached hydrogens (tertiary/aromatic N) is 2. The molecule has 0 aliphatic carbocycles. The molecule has 3 aromatic rings. The molecule has 128 valence electrons. The second-order valence-corrected chi connectivity index (χ2v) is 7.03. The number of halogens is 1. The number of aromatic nitrogens is 2. The van der Waals surface area contributed by atoms with Crippen LogP contribution in [0.5, 0.6) is 0 Å². The fourth-order valence-corrected chi connectivity index (χ4v) is 3.33. The molecule has 0 spiro atoms. The largest absolute Gasteiger partial charge is 0.465 e. The maximum atomic E-state index is 11.7. The zero-order chi connectivity index (χ0) is 17.8. The smallest absolute Gasteiger partial charge is 0.339 e. The van der Waals surface area contributed by atoms with Gasteiger partial charge in [0.05, 0.1) is 22.9 Å². The third kappa shape index (κ3) is 4.03. The number of esters is 1. The molecule has 7 heteroatoms. The number of thioether (sulfide) groups is 1. The van der Waals surface area contributed by atoms with Crippen LogP contribution >= 0.6 is 23.4 Å². The Kier molecular flexibility index (Phi) is 5.40. The number of hydrogen-bond acceptors (Lipinski definition) is 6. The number of carbonyl (C=O) groups excluding carboxylic acids is 1. The van der Waals surface area contributed by atoms with Crippen molar-refractivity contribution < 1.29 is 13.9 Å². The van der Waals surface area contributed by atoms with E-state index in [1.807, 2.05) is 43.3 Å². The standard InChI is InChI=1S/C18H15ClN2O3S/c1-11(16-20-21-17(24-16)12-6-4-3-5-7-12)25-13-8-9-15(19)14(10-13)18(22)23-2/h3-11H,1-2H3/t11-/m1/s1. The van der Waals surface area contributed by atoms with Gasteiger partial charge in [0.2, 0.25) is 11.8 Å². The number of benzene rings is 2. The number of rotatable bonds is 5. The first kappa shape index (κ1) is 17.5. The molecular formula is C18H15ClN2O3S. The van der Waals surface area contributed by atoms with Gasteiger partial charge in [-0.25, -0.2) is 4.79 Å². The molecule has 0 bridgehead atoms. The highest BCUT2D eigenvalue weighted by atomic mass is 35.5. The van der Waals surface area contributed by atoms with Crippen molar-refractivity contribution in [3.05, 3.63) is 65.0 Å². The van der Waals surface area contributed by atoms with Crippen LogP contribution in [0.4, 0.5) is 0 Å². The molecule has 0 unspecified atom stereocenters. The van der Waals surface area contributed by atoms with Gasteiger partial charge in [-0.05, 0) is 37.3 Å². The summed E-state index contributed by atoms with van der Waals surface area (Å²) in [5.41, 5.74) is 1.20. The van der Waals surface area contributed by atoms with Gasteiger partial charge >= 0.3 is 5.97 Å². The molecule has 5 nitrogen and oxygen atoms in total. The van der Waals surface area contributed by atoms with Crippen molar-refractivity contribution in [3.8, 4) is 11.5 Å². The third-order valence-electron chi connectivity index (χ3n) is 3.47. The maximum Gasteiger partial charge on any atom is 0.339 e. The molecule has 0 aliphatic heterocycles. The van der Waals surface area contributed by atoms with Crippen molar-refractivity contribution in [1.29, 1.82) is 0 Å². The van der Waals surface area contributed by atoms with Crippen LogP contribution in [0.15, 0.2) is 57.8 Å². The summed E-state index contributed by atoms with van der Waals surface area (Å²) in [4.78, 5) is 12.6. The molecule has 0 N–H and O–H groups in total. The maximum absolute atomic E-state index is 11.7. The summed E-state index contributed by atoms with van der Waals surface area (Å²) in [5, 5.41) is 8.49. The van der Waals surface area contributed by atoms with Crippen LogP contribution in [0.3, 0.4) is 0 Å². The molecular weight excluding hydrogens is 360 g/mol. The van der Waals surface area contributed by atoms with Crippen molar-refractivity contribution in [3.63, 3.8) is 0 Å². The summed E-state index contributed by atoms with van der Waals surface area (Å²) >= 11 is 7.54. The minimum absolute atomic E-state index is 0.0864. The Balaban J connectivity index is 1.78. The second kappa shape index (κ2) is 7.72. The van der Waals surface area contributed by atoms with Crippen molar-refractivity contribution in [1.82, 2.24) is 10.2 Å². The zero-order valence-electron chi connectivity index (χ0n) is 13.6. The van der Waals surface area contributed by atoms with E-state index in [1.54, 1.807) is 12.1 Å². The molecule has 25 heavy (non-hydrogen) atoms. The lowest BCUT2D eigenvalue weighted by molar-refractivity contribution is 0.0600. The molecule has 0 saturated carbocycles. The van der Waals surface area contributed by atoms with Crippen LogP contribution < -0.4 is 0 Å². The van der Waals surface area contributed by atoms with E-state index in [0.29, 0.717) is 22.4 Å². The molecule has 2 aromatic carbocycles. The van der Waals surface area contributed by atoms with Crippen LogP contribution in [0.2, 0.25) is 5.02 Å². The molecule has 1 heterocycles. The van der Waals surface area contributed by atoms with Gasteiger partial charge in [-0.1, -0.05) is 29.8 Å². The van der Waals surface area contributed by atoms with E-state index in [9.17, 15) is 4.79 Å². The number of ether oxygens (including phenoxy) is 1. The Bertz CT molecular complexity index is 883. The summed E-state index contributed by atoms with van der Waals surface area (Å²) in [6.07, 6.45) is 0. The summed E-state index contributed by atoms with van der Waals surface area (Å²) < 4.78 is 10.5. The Morgan fingerprint density at radius 3 is 2.68 bits per heavy atom. The minimum Gasteiger partial charge on any atom is -0.465 e. The van der Waals surface area contributed by atoms with Crippen molar-refractivity contribution >= 4 is 29.3 Å². The first-order chi connectivity index (χ1) is 12.1. The highest BCUT2D eigenvalue weighted by molar-refractivity contribution is 7.99. The Morgan fingerprint density at radius 1 is 1.20 bits per heavy atom. The Hall–Kier alpha value is -2.31. The highest BCUT2D eigenvalue weighted by Crippen LogP contribution is 2.36. The molecule has 0 aliphatic rings. The van der Waals surface area contributed by atoms with Gasteiger partial charge in [-0.3, -0.25) is 0 Å². The van der Waals surface area contributed by atoms with Crippen molar-refractivity contribution in [2.75, 3.05) is 7.11 Å². The van der Waals surface area contributed by atoms with E-state index in [-0.39, 0.29) is 5.25 Å². The topological polar surface area (TPSA) is 65.2 Å². The van der Waals surface area contributed by atoms with E-state index in [0.717, 1.165) is 10.5 Å². The van der Waals surface area contributed by atoms with E-state index < -0.39 is 5.97 Å². The fourth-order valence-electron chi connectivity index (χ4n) is 2.19. The molecule has 1 aromatic heterocycles. The number of carbonyl (C=O) groups is 1. The van der Waals surface area contributed by atoms with Crippen LogP contribution in [0.1, 0.15) is 28.4 Å². The lowest BCUT2D eigenvalue weighted by Gasteiger charge is -2.09. The highest BCUT2D eigenvalue weighted by Gasteiger charge is 2.18. The van der Waals surface area contributed by atoms with Gasteiger partial charge in [0.15, 0.2) is 0 Å². The Morgan fingerprint density at radius 2 is 1.96 bits per heavy atom. The normalized spacial score (nSPS) is 12.0. The minimum atomic E-state index is -0.468. The lowest BCUT2D eigenvalue weighted by atomic mass is 10.2. The van der Waals surface area contributed by atoms with Gasteiger partial charge in [0.25, 0.3) is 0 Å². The summed E-state index contributed by atoms with van der Waals surface area (Å²) in [6.45, 7) is 1.96. The third-order valence-corrected chi connectivity index (χ3v) is 4.88. The van der Waals surface area contributed by atoms with Gasteiger partial charge in [0, 0.05) is 10.5 Å². The first-order valence-corrected chi connectivity index (χ1v) is 8.77. The van der Waals surface area contributed by atoms with Gasteiger partial charge in [0.1, 0.15) is 0 Å². The number of hydrogen-bond donors (Lipinski definition) is 0. The lowest BCUT2D eigenvalue weighted by Crippen LogP contribution is -2.02. The van der Waals surface area contributed by atoms with E-state index in [1.165, 1.54) is 18.9 Å². The molecule has 0 saturated heterocycles. The molecule has 0 fully saturated rings. The molecule has 3 rings (SSSR count). The first-order valence-electron chi connectivity index (χ1n) is 7.52. The second-order valence-electron chi connectivity index (χ2n) is 5.20. The fraction of sp³-hybridized carbons (Fsp3) is 0.167. The van der Waals surface area contributed by atoms with Gasteiger partial charge in [-0.2, -0.15) is 0 Å². The van der Waals surface area contributed by atoms with Crippen LogP contribution in [-0.2, 0) is 4.74 Å².